The fourth-order valence-corrected chi connectivity index (χ4v) is 3.72. The Labute approximate surface area is 168 Å². The van der Waals surface area contributed by atoms with Crippen molar-refractivity contribution < 1.29 is 34.2 Å². The molecule has 3 N–H and O–H groups in total. The number of hydrogen-bond donors (Lipinski definition) is 3. The second-order valence-electron chi connectivity index (χ2n) is 6.00. The molecule has 0 saturated carbocycles. The van der Waals surface area contributed by atoms with Gasteiger partial charge in [0.2, 0.25) is 11.8 Å². The van der Waals surface area contributed by atoms with Crippen LogP contribution in [0.25, 0.3) is 0 Å². The first-order chi connectivity index (χ1) is 13.8. The minimum atomic E-state index is -1.35. The van der Waals surface area contributed by atoms with Crippen molar-refractivity contribution in [1.82, 2.24) is 0 Å². The molecule has 1 aliphatic heterocycles. The predicted molar refractivity (Wildman–Crippen MR) is 104 cm³/mol. The average Bonchev–Trinajstić information content (AvgIpc) is 2.95. The van der Waals surface area contributed by atoms with Gasteiger partial charge in [-0.05, 0) is 42.1 Å². The van der Waals surface area contributed by atoms with Gasteiger partial charge >= 0.3 is 11.9 Å². The summed E-state index contributed by atoms with van der Waals surface area (Å²) in [5.41, 5.74) is -0.317. The maximum atomic E-state index is 12.6. The van der Waals surface area contributed by atoms with Gasteiger partial charge in [-0.25, -0.2) is 14.5 Å². The number of anilines is 2. The molecule has 2 aromatic carbocycles. The third-order valence-electron chi connectivity index (χ3n) is 4.08. The summed E-state index contributed by atoms with van der Waals surface area (Å²) in [4.78, 5) is 60.5. The van der Waals surface area contributed by atoms with Gasteiger partial charge in [0.05, 0.1) is 22.5 Å². The summed E-state index contributed by atoms with van der Waals surface area (Å²) >= 11 is 0.700. The third-order valence-corrected chi connectivity index (χ3v) is 5.11. The molecule has 1 saturated heterocycles. The van der Waals surface area contributed by atoms with Crippen molar-refractivity contribution in [3.63, 3.8) is 0 Å². The van der Waals surface area contributed by atoms with Crippen molar-refractivity contribution in [2.45, 2.75) is 11.7 Å². The fraction of sp³-hybridized carbons (Fsp3) is 0.105. The molecule has 3 amide bonds. The number of carboxylic acids is 2. The second kappa shape index (κ2) is 8.15. The van der Waals surface area contributed by atoms with Gasteiger partial charge in [0.15, 0.2) is 0 Å². The third kappa shape index (κ3) is 4.27. The van der Waals surface area contributed by atoms with Crippen molar-refractivity contribution in [3.05, 3.63) is 59.7 Å². The molecule has 9 nitrogen and oxygen atoms in total. The highest BCUT2D eigenvalue weighted by molar-refractivity contribution is 8.15. The maximum absolute atomic E-state index is 12.6. The largest absolute Gasteiger partial charge is 0.478 e. The van der Waals surface area contributed by atoms with E-state index < -0.39 is 34.2 Å². The first kappa shape index (κ1) is 20.1. The van der Waals surface area contributed by atoms with Crippen LogP contribution in [0.1, 0.15) is 27.1 Å². The van der Waals surface area contributed by atoms with Gasteiger partial charge in [0.1, 0.15) is 5.25 Å². The smallest absolute Gasteiger partial charge is 0.337 e. The lowest BCUT2D eigenvalue weighted by Crippen LogP contribution is -2.33. The zero-order valence-corrected chi connectivity index (χ0v) is 15.5. The highest BCUT2D eigenvalue weighted by Crippen LogP contribution is 2.33. The molecule has 0 aromatic heterocycles. The van der Waals surface area contributed by atoms with E-state index in [9.17, 15) is 29.1 Å². The Morgan fingerprint density at radius 3 is 2.31 bits per heavy atom. The maximum Gasteiger partial charge on any atom is 0.337 e. The molecule has 10 heteroatoms. The zero-order valence-electron chi connectivity index (χ0n) is 14.7. The van der Waals surface area contributed by atoms with Crippen LogP contribution in [0.2, 0.25) is 0 Å². The number of rotatable bonds is 6. The molecule has 0 radical (unpaired) electrons. The number of carbonyl (C=O) groups is 5. The van der Waals surface area contributed by atoms with Gasteiger partial charge < -0.3 is 15.5 Å². The second-order valence-corrected chi connectivity index (χ2v) is 7.16. The lowest BCUT2D eigenvalue weighted by atomic mass is 10.1. The molecule has 1 atom stereocenters. The fourth-order valence-electron chi connectivity index (χ4n) is 2.73. The van der Waals surface area contributed by atoms with Crippen LogP contribution in [-0.2, 0) is 9.59 Å². The van der Waals surface area contributed by atoms with Crippen molar-refractivity contribution in [2.24, 2.45) is 0 Å². The van der Waals surface area contributed by atoms with Crippen LogP contribution in [0.3, 0.4) is 0 Å². The first-order valence-electron chi connectivity index (χ1n) is 8.28. The molecule has 29 heavy (non-hydrogen) atoms. The van der Waals surface area contributed by atoms with Crippen LogP contribution in [0, 0.1) is 0 Å². The number of aromatic carboxylic acids is 2. The highest BCUT2D eigenvalue weighted by Gasteiger charge is 2.41. The number of hydrogen-bond acceptors (Lipinski definition) is 6. The van der Waals surface area contributed by atoms with Crippen molar-refractivity contribution in [2.75, 3.05) is 10.2 Å². The molecule has 2 aromatic rings. The van der Waals surface area contributed by atoms with E-state index in [1.165, 1.54) is 0 Å². The molecule has 3 rings (SSSR count). The molecule has 1 unspecified atom stereocenters. The van der Waals surface area contributed by atoms with E-state index in [0.717, 1.165) is 23.1 Å². The molecule has 1 aliphatic rings. The standard InChI is InChI=1S/C19H14N2O7S/c22-15(20-13-8-10(17(24)25)6-7-12(13)18(26)27)9-14-16(23)21(19(28)29-14)11-4-2-1-3-5-11/h1-8,14H,9H2,(H,20,22)(H,24,25)(H,26,27). The number of nitrogens with zero attached hydrogens (tertiary/aromatic N) is 1. The molecule has 0 aliphatic carbocycles. The summed E-state index contributed by atoms with van der Waals surface area (Å²) in [5.74, 6) is -3.92. The van der Waals surface area contributed by atoms with E-state index in [1.54, 1.807) is 30.3 Å². The summed E-state index contributed by atoms with van der Waals surface area (Å²) in [7, 11) is 0. The summed E-state index contributed by atoms with van der Waals surface area (Å²) < 4.78 is 0. The minimum absolute atomic E-state index is 0.205. The monoisotopic (exact) mass is 414 g/mol. The van der Waals surface area contributed by atoms with Gasteiger partial charge in [-0.3, -0.25) is 14.4 Å². The lowest BCUT2D eigenvalue weighted by Gasteiger charge is -2.14. The van der Waals surface area contributed by atoms with Crippen molar-refractivity contribution in [1.29, 1.82) is 0 Å². The van der Waals surface area contributed by atoms with Crippen LogP contribution >= 0.6 is 11.8 Å². The lowest BCUT2D eigenvalue weighted by molar-refractivity contribution is -0.121. The van der Waals surface area contributed by atoms with E-state index >= 15 is 0 Å². The first-order valence-corrected chi connectivity index (χ1v) is 9.16. The van der Waals surface area contributed by atoms with Crippen LogP contribution < -0.4 is 10.2 Å². The summed E-state index contributed by atoms with van der Waals surface area (Å²) in [6.07, 6.45) is -0.380. The van der Waals surface area contributed by atoms with Gasteiger partial charge in [-0.2, -0.15) is 0 Å². The number of imide groups is 1. The quantitative estimate of drug-likeness (QED) is 0.655. The molecular weight excluding hydrogens is 400 g/mol. The van der Waals surface area contributed by atoms with E-state index in [2.05, 4.69) is 5.32 Å². The average molecular weight is 414 g/mol. The molecule has 148 valence electrons. The number of nitrogens with one attached hydrogen (secondary N) is 1. The molecule has 0 spiro atoms. The minimum Gasteiger partial charge on any atom is -0.478 e. The highest BCUT2D eigenvalue weighted by atomic mass is 32.2. The van der Waals surface area contributed by atoms with Crippen molar-refractivity contribution in [3.8, 4) is 0 Å². The Morgan fingerprint density at radius 1 is 1.00 bits per heavy atom. The molecule has 1 heterocycles. The molecule has 0 bridgehead atoms. The Balaban J connectivity index is 1.75. The van der Waals surface area contributed by atoms with Crippen LogP contribution in [-0.4, -0.2) is 44.5 Å². The van der Waals surface area contributed by atoms with Gasteiger partial charge in [0, 0.05) is 6.42 Å². The van der Waals surface area contributed by atoms with Crippen molar-refractivity contribution >= 4 is 52.1 Å². The van der Waals surface area contributed by atoms with Crippen LogP contribution in [0.15, 0.2) is 48.5 Å². The predicted octanol–water partition coefficient (Wildman–Crippen LogP) is 2.68. The molecule has 1 fully saturated rings. The Bertz CT molecular complexity index is 1020. The van der Waals surface area contributed by atoms with E-state index in [1.807, 2.05) is 0 Å². The number of benzene rings is 2. The summed E-state index contributed by atoms with van der Waals surface area (Å²) in [6, 6.07) is 11.5. The van der Waals surface area contributed by atoms with Gasteiger partial charge in [-0.1, -0.05) is 18.2 Å². The zero-order chi connectivity index (χ0) is 21.1. The number of carboxylic acid groups (broad SMARTS) is 2. The topological polar surface area (TPSA) is 141 Å². The van der Waals surface area contributed by atoms with E-state index in [0.29, 0.717) is 17.4 Å². The Hall–Kier alpha value is -3.66. The summed E-state index contributed by atoms with van der Waals surface area (Å²) in [6.45, 7) is 0. The Morgan fingerprint density at radius 2 is 1.69 bits per heavy atom. The van der Waals surface area contributed by atoms with E-state index in [-0.39, 0.29) is 23.2 Å². The number of carbonyl (C=O) groups excluding carboxylic acids is 3. The van der Waals surface area contributed by atoms with Gasteiger partial charge in [0.25, 0.3) is 5.24 Å². The number of thioether (sulfide) groups is 1. The SMILES string of the molecule is O=C(CC1SC(=O)N(c2ccccc2)C1=O)Nc1cc(C(=O)O)ccc1C(=O)O. The van der Waals surface area contributed by atoms with E-state index in [4.69, 9.17) is 5.11 Å². The summed E-state index contributed by atoms with van der Waals surface area (Å²) in [5, 5.41) is 19.1. The van der Waals surface area contributed by atoms with Crippen LogP contribution in [0.4, 0.5) is 16.2 Å². The Kier molecular flexibility index (Phi) is 5.64. The normalized spacial score (nSPS) is 16.0. The van der Waals surface area contributed by atoms with Gasteiger partial charge in [-0.15, -0.1) is 0 Å². The van der Waals surface area contributed by atoms with Crippen LogP contribution in [0.5, 0.6) is 0 Å². The molecular formula is C19H14N2O7S. The number of para-hydroxylation sites is 1. The number of amides is 3.